The average Bonchev–Trinajstić information content (AvgIpc) is 3.05. The second kappa shape index (κ2) is 7.04. The molecule has 1 fully saturated rings. The summed E-state index contributed by atoms with van der Waals surface area (Å²) in [6, 6.07) is 5.26. The quantitative estimate of drug-likeness (QED) is 0.805. The largest absolute Gasteiger partial charge is 0.348 e. The minimum Gasteiger partial charge on any atom is -0.348 e. The molecule has 3 rings (SSSR count). The molecule has 0 radical (unpaired) electrons. The van der Waals surface area contributed by atoms with Gasteiger partial charge < -0.3 is 10.6 Å². The summed E-state index contributed by atoms with van der Waals surface area (Å²) in [7, 11) is 0. The molecule has 1 aliphatic rings. The highest BCUT2D eigenvalue weighted by Crippen LogP contribution is 2.19. The van der Waals surface area contributed by atoms with Gasteiger partial charge in [0.25, 0.3) is 11.8 Å². The van der Waals surface area contributed by atoms with E-state index in [-0.39, 0.29) is 29.2 Å². The van der Waals surface area contributed by atoms with Crippen LogP contribution in [0, 0.1) is 0 Å². The van der Waals surface area contributed by atoms with E-state index in [0.29, 0.717) is 5.69 Å². The monoisotopic (exact) mass is 313 g/mol. The summed E-state index contributed by atoms with van der Waals surface area (Å²) < 4.78 is 0. The Kier molecular flexibility index (Phi) is 4.65. The van der Waals surface area contributed by atoms with Crippen molar-refractivity contribution in [1.82, 2.24) is 20.5 Å². The first-order valence-electron chi connectivity index (χ1n) is 7.81. The van der Waals surface area contributed by atoms with Crippen molar-refractivity contribution < 1.29 is 9.59 Å². The maximum Gasteiger partial charge on any atom is 0.274 e. The SMILES string of the molecule is O=C(Nc1c[nH]nc1C(=O)NC1CCCCC1)c1ccccn1. The number of nitrogens with one attached hydrogen (secondary N) is 3. The van der Waals surface area contributed by atoms with Crippen LogP contribution in [0.5, 0.6) is 0 Å². The van der Waals surface area contributed by atoms with E-state index < -0.39 is 0 Å². The molecule has 7 nitrogen and oxygen atoms in total. The number of aromatic amines is 1. The van der Waals surface area contributed by atoms with Crippen molar-refractivity contribution in [3.05, 3.63) is 42.0 Å². The van der Waals surface area contributed by atoms with Crippen LogP contribution in [0.2, 0.25) is 0 Å². The van der Waals surface area contributed by atoms with Crippen LogP contribution in [-0.2, 0) is 0 Å². The molecule has 1 aliphatic carbocycles. The number of carbonyl (C=O) groups is 2. The van der Waals surface area contributed by atoms with Gasteiger partial charge in [-0.1, -0.05) is 25.3 Å². The molecule has 0 atom stereocenters. The van der Waals surface area contributed by atoms with Crippen molar-refractivity contribution in [2.45, 2.75) is 38.1 Å². The number of H-pyrrole nitrogens is 1. The Morgan fingerprint density at radius 2 is 1.96 bits per heavy atom. The number of rotatable bonds is 4. The van der Waals surface area contributed by atoms with Gasteiger partial charge in [0.1, 0.15) is 5.69 Å². The van der Waals surface area contributed by atoms with Crippen molar-refractivity contribution in [1.29, 1.82) is 0 Å². The van der Waals surface area contributed by atoms with Crippen LogP contribution in [0.4, 0.5) is 5.69 Å². The molecule has 2 aromatic heterocycles. The van der Waals surface area contributed by atoms with E-state index in [1.54, 1.807) is 24.4 Å². The number of carbonyl (C=O) groups excluding carboxylic acids is 2. The second-order valence-electron chi connectivity index (χ2n) is 5.63. The summed E-state index contributed by atoms with van der Waals surface area (Å²) in [6.45, 7) is 0. The summed E-state index contributed by atoms with van der Waals surface area (Å²) >= 11 is 0. The number of hydrogen-bond acceptors (Lipinski definition) is 4. The Morgan fingerprint density at radius 3 is 2.70 bits per heavy atom. The first-order valence-corrected chi connectivity index (χ1v) is 7.81. The molecule has 0 spiro atoms. The molecule has 3 N–H and O–H groups in total. The van der Waals surface area contributed by atoms with E-state index in [2.05, 4.69) is 25.8 Å². The summed E-state index contributed by atoms with van der Waals surface area (Å²) in [5.41, 5.74) is 0.834. The highest BCUT2D eigenvalue weighted by molar-refractivity contribution is 6.07. The van der Waals surface area contributed by atoms with Crippen LogP contribution in [0.3, 0.4) is 0 Å². The fourth-order valence-corrected chi connectivity index (χ4v) is 2.74. The van der Waals surface area contributed by atoms with Crippen molar-refractivity contribution in [3.63, 3.8) is 0 Å². The normalized spacial score (nSPS) is 15.1. The Morgan fingerprint density at radius 1 is 1.13 bits per heavy atom. The number of hydrogen-bond donors (Lipinski definition) is 3. The van der Waals surface area contributed by atoms with Crippen molar-refractivity contribution in [2.24, 2.45) is 0 Å². The summed E-state index contributed by atoms with van der Waals surface area (Å²) in [6.07, 6.45) is 8.51. The van der Waals surface area contributed by atoms with Gasteiger partial charge in [-0.25, -0.2) is 0 Å². The minimum atomic E-state index is -0.376. The van der Waals surface area contributed by atoms with E-state index in [4.69, 9.17) is 0 Å². The number of pyridine rings is 1. The maximum atomic E-state index is 12.4. The third-order valence-electron chi connectivity index (χ3n) is 3.94. The third-order valence-corrected chi connectivity index (χ3v) is 3.94. The van der Waals surface area contributed by atoms with Crippen molar-refractivity contribution in [2.75, 3.05) is 5.32 Å². The van der Waals surface area contributed by atoms with Gasteiger partial charge in [-0.15, -0.1) is 0 Å². The molecule has 0 aliphatic heterocycles. The van der Waals surface area contributed by atoms with E-state index in [0.717, 1.165) is 25.7 Å². The zero-order valence-corrected chi connectivity index (χ0v) is 12.7. The molecule has 2 amide bonds. The lowest BCUT2D eigenvalue weighted by Gasteiger charge is -2.22. The molecular weight excluding hydrogens is 294 g/mol. The summed E-state index contributed by atoms with van der Waals surface area (Å²) in [5.74, 6) is -0.645. The van der Waals surface area contributed by atoms with Crippen LogP contribution >= 0.6 is 0 Å². The van der Waals surface area contributed by atoms with Gasteiger partial charge in [0.2, 0.25) is 0 Å². The van der Waals surface area contributed by atoms with Crippen LogP contribution in [0.1, 0.15) is 53.1 Å². The molecule has 120 valence electrons. The lowest BCUT2D eigenvalue weighted by molar-refractivity contribution is 0.0923. The molecular formula is C16H19N5O2. The standard InChI is InChI=1S/C16H19N5O2/c22-15(12-8-4-5-9-17-12)20-13-10-18-21-14(13)16(23)19-11-6-2-1-3-7-11/h4-5,8-11H,1-3,6-7H2,(H,18,21)(H,19,23)(H,20,22). The third kappa shape index (κ3) is 3.74. The van der Waals surface area contributed by atoms with Gasteiger partial charge in [0.05, 0.1) is 5.69 Å². The second-order valence-corrected chi connectivity index (χ2v) is 5.63. The lowest BCUT2D eigenvalue weighted by atomic mass is 9.95. The molecule has 1 saturated carbocycles. The first kappa shape index (κ1) is 15.2. The Hall–Kier alpha value is -2.70. The van der Waals surface area contributed by atoms with Crippen LogP contribution in [0.25, 0.3) is 0 Å². The number of aromatic nitrogens is 3. The van der Waals surface area contributed by atoms with Crippen molar-refractivity contribution >= 4 is 17.5 Å². The zero-order chi connectivity index (χ0) is 16.1. The van der Waals surface area contributed by atoms with Gasteiger partial charge in [-0.05, 0) is 25.0 Å². The maximum absolute atomic E-state index is 12.4. The molecule has 23 heavy (non-hydrogen) atoms. The fourth-order valence-electron chi connectivity index (χ4n) is 2.74. The fraction of sp³-hybridized carbons (Fsp3) is 0.375. The average molecular weight is 313 g/mol. The molecule has 2 heterocycles. The summed E-state index contributed by atoms with van der Waals surface area (Å²) in [4.78, 5) is 28.5. The predicted molar refractivity (Wildman–Crippen MR) is 85.1 cm³/mol. The lowest BCUT2D eigenvalue weighted by Crippen LogP contribution is -2.36. The van der Waals surface area contributed by atoms with Gasteiger partial charge in [0, 0.05) is 18.4 Å². The summed E-state index contributed by atoms with van der Waals surface area (Å²) in [5, 5.41) is 12.2. The Balaban J connectivity index is 1.67. The highest BCUT2D eigenvalue weighted by atomic mass is 16.2. The highest BCUT2D eigenvalue weighted by Gasteiger charge is 2.21. The van der Waals surface area contributed by atoms with Crippen LogP contribution in [-0.4, -0.2) is 33.0 Å². The van der Waals surface area contributed by atoms with Gasteiger partial charge in [-0.3, -0.25) is 19.7 Å². The topological polar surface area (TPSA) is 99.8 Å². The van der Waals surface area contributed by atoms with E-state index in [1.165, 1.54) is 12.6 Å². The van der Waals surface area contributed by atoms with Gasteiger partial charge in [0.15, 0.2) is 5.69 Å². The van der Waals surface area contributed by atoms with E-state index in [1.807, 2.05) is 0 Å². The predicted octanol–water partition coefficient (Wildman–Crippen LogP) is 2.12. The van der Waals surface area contributed by atoms with Gasteiger partial charge in [-0.2, -0.15) is 5.10 Å². The van der Waals surface area contributed by atoms with Crippen LogP contribution < -0.4 is 10.6 Å². The van der Waals surface area contributed by atoms with Gasteiger partial charge >= 0.3 is 0 Å². The van der Waals surface area contributed by atoms with Crippen LogP contribution in [0.15, 0.2) is 30.6 Å². The number of anilines is 1. The van der Waals surface area contributed by atoms with Crippen molar-refractivity contribution in [3.8, 4) is 0 Å². The first-order chi connectivity index (χ1) is 11.2. The smallest absolute Gasteiger partial charge is 0.274 e. The number of nitrogens with zero attached hydrogens (tertiary/aromatic N) is 2. The van der Waals surface area contributed by atoms with E-state index >= 15 is 0 Å². The molecule has 0 bridgehead atoms. The zero-order valence-electron chi connectivity index (χ0n) is 12.7. The molecule has 7 heteroatoms. The minimum absolute atomic E-state index is 0.187. The molecule has 0 aromatic carbocycles. The molecule has 0 unspecified atom stereocenters. The van der Waals surface area contributed by atoms with E-state index in [9.17, 15) is 9.59 Å². The Bertz CT molecular complexity index is 677. The molecule has 2 aromatic rings. The molecule has 0 saturated heterocycles. The Labute approximate surface area is 133 Å². The number of amides is 2.